The van der Waals surface area contributed by atoms with Crippen molar-refractivity contribution in [2.45, 2.75) is 63.8 Å². The molecule has 10 heteroatoms. The van der Waals surface area contributed by atoms with Crippen LogP contribution in [0.25, 0.3) is 0 Å². The number of halogens is 2. The molecule has 5 rings (SSSR count). The number of hydrogen-bond acceptors (Lipinski definition) is 6. The fourth-order valence-corrected chi connectivity index (χ4v) is 6.75. The minimum absolute atomic E-state index is 0.0206. The number of carbonyl (C=O) groups is 2. The SMILES string of the molecule is C[C@H]1CCN(C2CCSCC2)[C@@H]2Cn3cc(C(=O)CCc4ccc(F)cc4F)c(=O)c(O)c3C(=O)N12. The molecule has 1 amide bonds. The number of fused-ring (bicyclic) bond motifs is 2. The molecule has 2 saturated heterocycles. The van der Waals surface area contributed by atoms with Crippen LogP contribution in [0.5, 0.6) is 5.75 Å². The summed E-state index contributed by atoms with van der Waals surface area (Å²) in [6.45, 7) is 3.19. The summed E-state index contributed by atoms with van der Waals surface area (Å²) in [5.74, 6) is -1.01. The molecule has 0 spiro atoms. The molecule has 3 aliphatic heterocycles. The number of ketones is 1. The molecular formula is C26H29F2N3O4S. The Morgan fingerprint density at radius 2 is 1.92 bits per heavy atom. The first kappa shape index (κ1) is 25.0. The molecular weight excluding hydrogens is 488 g/mol. The van der Waals surface area contributed by atoms with Gasteiger partial charge in [-0.1, -0.05) is 6.07 Å². The molecule has 36 heavy (non-hydrogen) atoms. The number of Topliss-reactive ketones (excluding diaryl/α,β-unsaturated/α-hetero) is 1. The lowest BCUT2D eigenvalue weighted by Gasteiger charge is -2.53. The Bertz CT molecular complexity index is 1260. The average molecular weight is 518 g/mol. The topological polar surface area (TPSA) is 82.9 Å². The van der Waals surface area contributed by atoms with Gasteiger partial charge in [0, 0.05) is 37.3 Å². The van der Waals surface area contributed by atoms with Crippen molar-refractivity contribution in [1.29, 1.82) is 0 Å². The van der Waals surface area contributed by atoms with Crippen molar-refractivity contribution in [3.8, 4) is 5.75 Å². The minimum atomic E-state index is -0.900. The number of nitrogens with zero attached hydrogens (tertiary/aromatic N) is 3. The first-order chi connectivity index (χ1) is 17.3. The van der Waals surface area contributed by atoms with Crippen molar-refractivity contribution < 1.29 is 23.5 Å². The van der Waals surface area contributed by atoms with Gasteiger partial charge in [0.2, 0.25) is 5.43 Å². The Kier molecular flexibility index (Phi) is 6.91. The van der Waals surface area contributed by atoms with Gasteiger partial charge in [-0.15, -0.1) is 0 Å². The highest BCUT2D eigenvalue weighted by Crippen LogP contribution is 2.34. The van der Waals surface area contributed by atoms with Crippen LogP contribution in [0, 0.1) is 11.6 Å². The highest BCUT2D eigenvalue weighted by atomic mass is 32.2. The van der Waals surface area contributed by atoms with Crippen molar-refractivity contribution in [3.05, 3.63) is 63.1 Å². The summed E-state index contributed by atoms with van der Waals surface area (Å²) in [5.41, 5.74) is -1.06. The normalized spacial score (nSPS) is 22.9. The van der Waals surface area contributed by atoms with Gasteiger partial charge < -0.3 is 14.6 Å². The van der Waals surface area contributed by atoms with Crippen LogP contribution in [0.3, 0.4) is 0 Å². The summed E-state index contributed by atoms with van der Waals surface area (Å²) in [4.78, 5) is 43.6. The number of thioether (sulfide) groups is 1. The van der Waals surface area contributed by atoms with E-state index in [4.69, 9.17) is 0 Å². The Morgan fingerprint density at radius 1 is 1.17 bits per heavy atom. The van der Waals surface area contributed by atoms with Crippen LogP contribution in [0.1, 0.15) is 59.0 Å². The molecule has 0 aliphatic carbocycles. The van der Waals surface area contributed by atoms with Crippen molar-refractivity contribution in [2.75, 3.05) is 18.1 Å². The number of pyridine rings is 1. The van der Waals surface area contributed by atoms with Gasteiger partial charge in [0.1, 0.15) is 17.8 Å². The predicted octanol–water partition coefficient (Wildman–Crippen LogP) is 3.42. The first-order valence-electron chi connectivity index (χ1n) is 12.4. The lowest BCUT2D eigenvalue weighted by Crippen LogP contribution is -2.65. The van der Waals surface area contributed by atoms with E-state index in [1.165, 1.54) is 16.8 Å². The maximum absolute atomic E-state index is 14.0. The summed E-state index contributed by atoms with van der Waals surface area (Å²) < 4.78 is 28.7. The van der Waals surface area contributed by atoms with Gasteiger partial charge in [-0.3, -0.25) is 19.3 Å². The third-order valence-corrected chi connectivity index (χ3v) is 8.68. The first-order valence-corrected chi connectivity index (χ1v) is 13.5. The van der Waals surface area contributed by atoms with Crippen LogP contribution >= 0.6 is 11.8 Å². The number of aryl methyl sites for hydroxylation is 1. The Hall–Kier alpha value is -2.72. The second kappa shape index (κ2) is 9.97. The molecule has 2 fully saturated rings. The monoisotopic (exact) mass is 517 g/mol. The van der Waals surface area contributed by atoms with E-state index in [1.54, 1.807) is 4.90 Å². The zero-order valence-corrected chi connectivity index (χ0v) is 20.9. The van der Waals surface area contributed by atoms with Crippen LogP contribution in [0.15, 0.2) is 29.2 Å². The maximum atomic E-state index is 14.0. The smallest absolute Gasteiger partial charge is 0.276 e. The molecule has 1 N–H and O–H groups in total. The maximum Gasteiger partial charge on any atom is 0.276 e. The van der Waals surface area contributed by atoms with Crippen molar-refractivity contribution in [3.63, 3.8) is 0 Å². The number of aromatic hydroxyl groups is 1. The number of aromatic nitrogens is 1. The van der Waals surface area contributed by atoms with Crippen LogP contribution in [-0.4, -0.2) is 67.5 Å². The Morgan fingerprint density at radius 3 is 2.64 bits per heavy atom. The summed E-state index contributed by atoms with van der Waals surface area (Å²) >= 11 is 1.94. The predicted molar refractivity (Wildman–Crippen MR) is 132 cm³/mol. The molecule has 0 unspecified atom stereocenters. The molecule has 192 valence electrons. The molecule has 0 radical (unpaired) electrons. The molecule has 2 aromatic rings. The molecule has 0 bridgehead atoms. The van der Waals surface area contributed by atoms with Crippen molar-refractivity contribution in [2.24, 2.45) is 0 Å². The largest absolute Gasteiger partial charge is 0.503 e. The van der Waals surface area contributed by atoms with Crippen LogP contribution in [0.4, 0.5) is 8.78 Å². The number of rotatable bonds is 5. The molecule has 2 atom stereocenters. The zero-order valence-electron chi connectivity index (χ0n) is 20.1. The van der Waals surface area contributed by atoms with Gasteiger partial charge in [0.05, 0.1) is 12.1 Å². The number of hydrogen-bond donors (Lipinski definition) is 1. The van der Waals surface area contributed by atoms with E-state index in [1.807, 2.05) is 18.7 Å². The van der Waals surface area contributed by atoms with Crippen molar-refractivity contribution >= 4 is 23.5 Å². The second-order valence-electron chi connectivity index (χ2n) is 9.79. The number of carbonyl (C=O) groups excluding carboxylic acids is 2. The Labute approximate surface area is 212 Å². The molecule has 3 aliphatic rings. The van der Waals surface area contributed by atoms with Gasteiger partial charge in [-0.2, -0.15) is 11.8 Å². The van der Waals surface area contributed by atoms with E-state index in [-0.39, 0.29) is 41.9 Å². The number of amides is 1. The van der Waals surface area contributed by atoms with Crippen molar-refractivity contribution in [1.82, 2.24) is 14.4 Å². The minimum Gasteiger partial charge on any atom is -0.503 e. The lowest BCUT2D eigenvalue weighted by atomic mass is 9.98. The quantitative estimate of drug-likeness (QED) is 0.612. The lowest BCUT2D eigenvalue weighted by molar-refractivity contribution is -0.0530. The molecule has 7 nitrogen and oxygen atoms in total. The average Bonchev–Trinajstić information content (AvgIpc) is 2.86. The van der Waals surface area contributed by atoms with Gasteiger partial charge >= 0.3 is 0 Å². The Balaban J connectivity index is 1.44. The van der Waals surface area contributed by atoms with E-state index in [9.17, 15) is 28.3 Å². The van der Waals surface area contributed by atoms with E-state index >= 15 is 0 Å². The van der Waals surface area contributed by atoms with E-state index in [0.29, 0.717) is 12.6 Å². The standard InChI is InChI=1S/C26H29F2N3O4S/c1-15-6-9-30(18-7-10-36-11-8-18)22-14-29-13-19(24(33)25(34)23(29)26(35)31(15)22)21(32)5-3-16-2-4-17(27)12-20(16)28/h2,4,12-13,15,18,22,34H,3,5-11,14H2,1H3/t15-,22-/m0/s1. The van der Waals surface area contributed by atoms with E-state index in [2.05, 4.69) is 4.90 Å². The summed E-state index contributed by atoms with van der Waals surface area (Å²) in [6, 6.07) is 3.46. The zero-order chi connectivity index (χ0) is 25.6. The van der Waals surface area contributed by atoms with E-state index < -0.39 is 34.5 Å². The van der Waals surface area contributed by atoms with Crippen LogP contribution in [0.2, 0.25) is 0 Å². The van der Waals surface area contributed by atoms with E-state index in [0.717, 1.165) is 49.4 Å². The third-order valence-electron chi connectivity index (χ3n) is 7.63. The highest BCUT2D eigenvalue weighted by Gasteiger charge is 2.45. The molecule has 1 aromatic carbocycles. The van der Waals surface area contributed by atoms with Gasteiger partial charge in [-0.05, 0) is 55.7 Å². The summed E-state index contributed by atoms with van der Waals surface area (Å²) in [7, 11) is 0. The summed E-state index contributed by atoms with van der Waals surface area (Å²) in [6.07, 6.45) is 3.83. The third kappa shape index (κ3) is 4.45. The van der Waals surface area contributed by atoms with Gasteiger partial charge in [-0.25, -0.2) is 8.78 Å². The van der Waals surface area contributed by atoms with Crippen LogP contribution in [-0.2, 0) is 13.0 Å². The molecule has 4 heterocycles. The molecule has 1 aromatic heterocycles. The fourth-order valence-electron chi connectivity index (χ4n) is 5.67. The number of benzene rings is 1. The molecule has 0 saturated carbocycles. The second-order valence-corrected chi connectivity index (χ2v) is 11.0. The van der Waals surface area contributed by atoms with Gasteiger partial charge in [0.25, 0.3) is 5.91 Å². The fraction of sp³-hybridized carbons (Fsp3) is 0.500. The van der Waals surface area contributed by atoms with Crippen LogP contribution < -0.4 is 5.43 Å². The highest BCUT2D eigenvalue weighted by molar-refractivity contribution is 7.99. The summed E-state index contributed by atoms with van der Waals surface area (Å²) in [5, 5.41) is 10.7. The van der Waals surface area contributed by atoms with Gasteiger partial charge in [0.15, 0.2) is 17.2 Å².